The number of amides is 1. The van der Waals surface area contributed by atoms with E-state index in [1.54, 1.807) is 24.3 Å². The van der Waals surface area contributed by atoms with Crippen LogP contribution in [0.3, 0.4) is 0 Å². The number of nitrogens with one attached hydrogen (secondary N) is 1. The molecule has 0 aliphatic heterocycles. The van der Waals surface area contributed by atoms with Gasteiger partial charge in [-0.05, 0) is 42.7 Å². The van der Waals surface area contributed by atoms with E-state index in [0.29, 0.717) is 17.1 Å². The van der Waals surface area contributed by atoms with Gasteiger partial charge in [-0.3, -0.25) is 4.79 Å². The molecule has 0 bridgehead atoms. The molecule has 0 atom stereocenters. The third-order valence-electron chi connectivity index (χ3n) is 3.22. The number of rotatable bonds is 7. The van der Waals surface area contributed by atoms with Crippen LogP contribution >= 0.6 is 11.6 Å². The maximum absolute atomic E-state index is 11.7. The number of esters is 1. The lowest BCUT2D eigenvalue weighted by atomic mass is 10.1. The fourth-order valence-corrected chi connectivity index (χ4v) is 2.14. The summed E-state index contributed by atoms with van der Waals surface area (Å²) in [4.78, 5) is 23.4. The van der Waals surface area contributed by atoms with Crippen molar-refractivity contribution in [1.29, 1.82) is 0 Å². The second-order valence-corrected chi connectivity index (χ2v) is 5.46. The molecule has 4 nitrogen and oxygen atoms in total. The standard InChI is InChI=1S/C18H18ClNO3/c19-16-10-8-15(9-11-16)18(22)23-13-17(21)20-12-4-7-14-5-2-1-3-6-14/h1-3,5-6,8-11H,4,7,12-13H2,(H,20,21). The Balaban J connectivity index is 1.63. The quantitative estimate of drug-likeness (QED) is 0.626. The van der Waals surface area contributed by atoms with Crippen LogP contribution in [0.2, 0.25) is 5.02 Å². The first kappa shape index (κ1) is 17.0. The van der Waals surface area contributed by atoms with Crippen LogP contribution in [0.5, 0.6) is 0 Å². The summed E-state index contributed by atoms with van der Waals surface area (Å²) in [5.74, 6) is -0.846. The molecule has 0 unspecified atom stereocenters. The summed E-state index contributed by atoms with van der Waals surface area (Å²) in [6, 6.07) is 16.4. The van der Waals surface area contributed by atoms with E-state index in [1.807, 2.05) is 18.2 Å². The van der Waals surface area contributed by atoms with Gasteiger partial charge in [0, 0.05) is 11.6 Å². The number of carbonyl (C=O) groups is 2. The van der Waals surface area contributed by atoms with Crippen molar-refractivity contribution in [3.8, 4) is 0 Å². The van der Waals surface area contributed by atoms with Gasteiger partial charge < -0.3 is 10.1 Å². The first-order valence-electron chi connectivity index (χ1n) is 7.38. The van der Waals surface area contributed by atoms with E-state index in [2.05, 4.69) is 17.4 Å². The number of benzene rings is 2. The summed E-state index contributed by atoms with van der Waals surface area (Å²) in [6.45, 7) is 0.263. The van der Waals surface area contributed by atoms with Gasteiger partial charge in [-0.2, -0.15) is 0 Å². The molecular weight excluding hydrogens is 314 g/mol. The molecule has 0 saturated carbocycles. The average molecular weight is 332 g/mol. The van der Waals surface area contributed by atoms with Crippen molar-refractivity contribution in [3.05, 3.63) is 70.7 Å². The number of halogens is 1. The number of hydrogen-bond donors (Lipinski definition) is 1. The summed E-state index contributed by atoms with van der Waals surface area (Å²) in [7, 11) is 0. The monoisotopic (exact) mass is 331 g/mol. The molecule has 2 aromatic rings. The van der Waals surface area contributed by atoms with Crippen LogP contribution in [0.4, 0.5) is 0 Å². The molecule has 2 rings (SSSR count). The predicted molar refractivity (Wildman–Crippen MR) is 89.5 cm³/mol. The van der Waals surface area contributed by atoms with Crippen molar-refractivity contribution in [1.82, 2.24) is 5.32 Å². The van der Waals surface area contributed by atoms with Crippen molar-refractivity contribution < 1.29 is 14.3 Å². The molecule has 0 heterocycles. The van der Waals surface area contributed by atoms with E-state index in [0.717, 1.165) is 12.8 Å². The van der Waals surface area contributed by atoms with Crippen molar-refractivity contribution in [3.63, 3.8) is 0 Å². The van der Waals surface area contributed by atoms with E-state index in [4.69, 9.17) is 16.3 Å². The van der Waals surface area contributed by atoms with Crippen LogP contribution in [0, 0.1) is 0 Å². The van der Waals surface area contributed by atoms with Crippen molar-refractivity contribution in [2.45, 2.75) is 12.8 Å². The van der Waals surface area contributed by atoms with Crippen molar-refractivity contribution in [2.24, 2.45) is 0 Å². The van der Waals surface area contributed by atoms with Gasteiger partial charge >= 0.3 is 5.97 Å². The zero-order chi connectivity index (χ0) is 16.5. The fraction of sp³-hybridized carbons (Fsp3) is 0.222. The highest BCUT2D eigenvalue weighted by atomic mass is 35.5. The van der Waals surface area contributed by atoms with Crippen LogP contribution in [-0.4, -0.2) is 25.0 Å². The Morgan fingerprint density at radius 2 is 1.70 bits per heavy atom. The highest BCUT2D eigenvalue weighted by Gasteiger charge is 2.09. The Morgan fingerprint density at radius 3 is 2.39 bits per heavy atom. The second-order valence-electron chi connectivity index (χ2n) is 5.02. The van der Waals surface area contributed by atoms with E-state index in [1.165, 1.54) is 5.56 Å². The summed E-state index contributed by atoms with van der Waals surface area (Å²) in [6.07, 6.45) is 1.73. The smallest absolute Gasteiger partial charge is 0.338 e. The average Bonchev–Trinajstić information content (AvgIpc) is 2.58. The number of carbonyl (C=O) groups excluding carboxylic acids is 2. The molecule has 0 aliphatic carbocycles. The minimum atomic E-state index is -0.541. The molecule has 2 aromatic carbocycles. The number of aryl methyl sites for hydroxylation is 1. The minimum Gasteiger partial charge on any atom is -0.452 e. The van der Waals surface area contributed by atoms with E-state index in [-0.39, 0.29) is 12.5 Å². The zero-order valence-electron chi connectivity index (χ0n) is 12.6. The molecule has 120 valence electrons. The lowest BCUT2D eigenvalue weighted by Gasteiger charge is -2.07. The maximum Gasteiger partial charge on any atom is 0.338 e. The van der Waals surface area contributed by atoms with E-state index >= 15 is 0 Å². The Hall–Kier alpha value is -2.33. The topological polar surface area (TPSA) is 55.4 Å². The lowest BCUT2D eigenvalue weighted by Crippen LogP contribution is -2.29. The Kier molecular flexibility index (Phi) is 6.63. The van der Waals surface area contributed by atoms with Gasteiger partial charge in [0.15, 0.2) is 6.61 Å². The fourth-order valence-electron chi connectivity index (χ4n) is 2.02. The van der Waals surface area contributed by atoms with Gasteiger partial charge in [0.25, 0.3) is 5.91 Å². The molecule has 0 aromatic heterocycles. The first-order valence-corrected chi connectivity index (χ1v) is 7.76. The van der Waals surface area contributed by atoms with Gasteiger partial charge in [0.1, 0.15) is 0 Å². The maximum atomic E-state index is 11.7. The Labute approximate surface area is 140 Å². The van der Waals surface area contributed by atoms with Gasteiger partial charge in [-0.15, -0.1) is 0 Å². The van der Waals surface area contributed by atoms with Gasteiger partial charge in [-0.25, -0.2) is 4.79 Å². The van der Waals surface area contributed by atoms with Crippen molar-refractivity contribution >= 4 is 23.5 Å². The lowest BCUT2D eigenvalue weighted by molar-refractivity contribution is -0.124. The molecule has 1 amide bonds. The SMILES string of the molecule is O=C(COC(=O)c1ccc(Cl)cc1)NCCCc1ccccc1. The van der Waals surface area contributed by atoms with E-state index < -0.39 is 5.97 Å². The highest BCUT2D eigenvalue weighted by molar-refractivity contribution is 6.30. The number of ether oxygens (including phenoxy) is 1. The second kappa shape index (κ2) is 8.96. The molecule has 0 spiro atoms. The van der Waals surface area contributed by atoms with E-state index in [9.17, 15) is 9.59 Å². The predicted octanol–water partition coefficient (Wildman–Crippen LogP) is 3.25. The molecule has 5 heteroatoms. The molecule has 0 radical (unpaired) electrons. The largest absolute Gasteiger partial charge is 0.452 e. The highest BCUT2D eigenvalue weighted by Crippen LogP contribution is 2.10. The molecule has 1 N–H and O–H groups in total. The Morgan fingerprint density at radius 1 is 1.00 bits per heavy atom. The molecule has 0 saturated heterocycles. The molecule has 0 fully saturated rings. The van der Waals surface area contributed by atoms with Crippen LogP contribution in [0.1, 0.15) is 22.3 Å². The summed E-state index contributed by atoms with van der Waals surface area (Å²) < 4.78 is 4.95. The van der Waals surface area contributed by atoms with Gasteiger partial charge in [-0.1, -0.05) is 41.9 Å². The van der Waals surface area contributed by atoms with Gasteiger partial charge in [0.05, 0.1) is 5.56 Å². The third-order valence-corrected chi connectivity index (χ3v) is 3.47. The van der Waals surface area contributed by atoms with Gasteiger partial charge in [0.2, 0.25) is 0 Å². The van der Waals surface area contributed by atoms with Crippen LogP contribution in [0.15, 0.2) is 54.6 Å². The zero-order valence-corrected chi connectivity index (χ0v) is 13.4. The number of hydrogen-bond acceptors (Lipinski definition) is 3. The van der Waals surface area contributed by atoms with Crippen molar-refractivity contribution in [2.75, 3.05) is 13.2 Å². The van der Waals surface area contributed by atoms with Crippen LogP contribution in [0.25, 0.3) is 0 Å². The summed E-state index contributed by atoms with van der Waals surface area (Å²) in [5, 5.41) is 3.27. The van der Waals surface area contributed by atoms with Crippen LogP contribution in [-0.2, 0) is 16.0 Å². The molecular formula is C18H18ClNO3. The van der Waals surface area contributed by atoms with Crippen LogP contribution < -0.4 is 5.32 Å². The molecule has 0 aliphatic rings. The first-order chi connectivity index (χ1) is 11.1. The third kappa shape index (κ3) is 6.12. The summed E-state index contributed by atoms with van der Waals surface area (Å²) in [5.41, 5.74) is 1.60. The normalized spacial score (nSPS) is 10.1. The molecule has 23 heavy (non-hydrogen) atoms. The summed E-state index contributed by atoms with van der Waals surface area (Å²) >= 11 is 5.74. The Bertz CT molecular complexity index is 641. The minimum absolute atomic E-state index is 0.285.